The van der Waals surface area contributed by atoms with Gasteiger partial charge in [0.25, 0.3) is 0 Å². The number of rotatable bonds is 7. The molecule has 0 spiro atoms. The fraction of sp³-hybridized carbons (Fsp3) is 0.342. The lowest BCUT2D eigenvalue weighted by atomic mass is 9.58. The van der Waals surface area contributed by atoms with E-state index in [1.165, 1.54) is 100 Å². The van der Waals surface area contributed by atoms with Crippen molar-refractivity contribution in [2.24, 2.45) is 0 Å². The summed E-state index contributed by atoms with van der Waals surface area (Å²) in [5.41, 5.74) is 26.1. The van der Waals surface area contributed by atoms with Gasteiger partial charge in [-0.3, -0.25) is 0 Å². The second kappa shape index (κ2) is 18.2. The van der Waals surface area contributed by atoms with Gasteiger partial charge in [-0.05, 0) is 192 Å². The van der Waals surface area contributed by atoms with Crippen LogP contribution in [-0.2, 0) is 32.5 Å². The third kappa shape index (κ3) is 9.42. The van der Waals surface area contributed by atoms with Gasteiger partial charge in [-0.2, -0.15) is 0 Å². The standard InChI is InChI=1S/C73H81BN3/c1-45-37-59-60(73(16,17)36-35-72(59,14)15)44-63(45)75-62-33-32-54(76(52-28-23-48(24-29-52)68(2,3)4)53-30-25-49(26-31-53)69(5,6)7)43-55(62)57-38-47(46-21-19-18-20-22-46)39-65-66(57)74-61-42-51(71(11,12)13)41-58-56-40-50(70(8,9)10)27-34-64(56)77(65)67(58)61/h18-34,37-44,75H,35-36H2,1-17H3. The minimum atomic E-state index is -0.0591. The van der Waals surface area contributed by atoms with Crippen LogP contribution in [0, 0.1) is 6.92 Å². The van der Waals surface area contributed by atoms with Crippen LogP contribution in [0.2, 0.25) is 0 Å². The van der Waals surface area contributed by atoms with E-state index in [4.69, 9.17) is 0 Å². The van der Waals surface area contributed by atoms with Gasteiger partial charge in [-0.15, -0.1) is 0 Å². The summed E-state index contributed by atoms with van der Waals surface area (Å²) in [5, 5.41) is 6.80. The van der Waals surface area contributed by atoms with E-state index < -0.39 is 0 Å². The number of benzene rings is 8. The number of hydrogen-bond acceptors (Lipinski definition) is 2. The van der Waals surface area contributed by atoms with Gasteiger partial charge in [0, 0.05) is 56.0 Å². The number of aryl methyl sites for hydroxylation is 1. The summed E-state index contributed by atoms with van der Waals surface area (Å²) in [6.07, 6.45) is 2.34. The predicted molar refractivity (Wildman–Crippen MR) is 336 cm³/mol. The van der Waals surface area contributed by atoms with Crippen LogP contribution in [0.5, 0.6) is 0 Å². The fourth-order valence-corrected chi connectivity index (χ4v) is 12.3. The maximum atomic E-state index is 4.19. The van der Waals surface area contributed by atoms with Gasteiger partial charge in [0.1, 0.15) is 0 Å². The number of fused-ring (bicyclic) bond motifs is 6. The number of anilines is 5. The van der Waals surface area contributed by atoms with Crippen LogP contribution >= 0.6 is 0 Å². The van der Waals surface area contributed by atoms with Crippen molar-refractivity contribution < 1.29 is 0 Å². The van der Waals surface area contributed by atoms with Crippen LogP contribution in [0.15, 0.2) is 152 Å². The highest BCUT2D eigenvalue weighted by atomic mass is 15.1. The molecule has 0 unspecified atom stereocenters. The van der Waals surface area contributed by atoms with E-state index in [0.717, 1.165) is 40.4 Å². The van der Waals surface area contributed by atoms with E-state index in [0.29, 0.717) is 0 Å². The molecule has 1 radical (unpaired) electrons. The molecule has 0 atom stereocenters. The van der Waals surface area contributed by atoms with Crippen molar-refractivity contribution in [2.45, 2.75) is 163 Å². The van der Waals surface area contributed by atoms with Crippen molar-refractivity contribution in [3.63, 3.8) is 0 Å². The number of aromatic nitrogens is 1. The number of nitrogens with one attached hydrogen (secondary N) is 1. The van der Waals surface area contributed by atoms with Crippen molar-refractivity contribution in [2.75, 3.05) is 10.2 Å². The third-order valence-corrected chi connectivity index (χ3v) is 17.4. The quantitative estimate of drug-likeness (QED) is 0.161. The number of nitrogens with zero attached hydrogens (tertiary/aromatic N) is 2. The van der Waals surface area contributed by atoms with Gasteiger partial charge in [0.05, 0.1) is 5.52 Å². The van der Waals surface area contributed by atoms with Crippen LogP contribution in [-0.4, -0.2) is 11.8 Å². The summed E-state index contributed by atoms with van der Waals surface area (Å²) in [7, 11) is 2.51. The van der Waals surface area contributed by atoms with Gasteiger partial charge in [0.2, 0.25) is 0 Å². The highest BCUT2D eigenvalue weighted by Gasteiger charge is 2.38. The van der Waals surface area contributed by atoms with Gasteiger partial charge < -0.3 is 14.8 Å². The minimum Gasteiger partial charge on any atom is -0.355 e. The summed E-state index contributed by atoms with van der Waals surface area (Å²) in [4.78, 5) is 2.46. The van der Waals surface area contributed by atoms with E-state index in [1.54, 1.807) is 0 Å². The Morgan fingerprint density at radius 1 is 0.468 bits per heavy atom. The third-order valence-electron chi connectivity index (χ3n) is 17.4. The van der Waals surface area contributed by atoms with Gasteiger partial charge in [-0.1, -0.05) is 189 Å². The first-order chi connectivity index (χ1) is 36.1. The molecule has 0 amide bonds. The minimum absolute atomic E-state index is 0.00112. The molecule has 3 nitrogen and oxygen atoms in total. The molecule has 1 aromatic heterocycles. The average Bonchev–Trinajstić information content (AvgIpc) is 3.88. The highest BCUT2D eigenvalue weighted by molar-refractivity contribution is 6.73. The molecule has 11 rings (SSSR count). The molecule has 0 saturated heterocycles. The van der Waals surface area contributed by atoms with E-state index in [1.807, 2.05) is 0 Å². The Hall–Kier alpha value is -6.78. The molecule has 1 aliphatic carbocycles. The average molecular weight is 1010 g/mol. The lowest BCUT2D eigenvalue weighted by Crippen LogP contribution is -2.38. The van der Waals surface area contributed by atoms with E-state index in [9.17, 15) is 0 Å². The molecule has 77 heavy (non-hydrogen) atoms. The second-order valence-corrected chi connectivity index (χ2v) is 28.3. The predicted octanol–water partition coefficient (Wildman–Crippen LogP) is 19.1. The first-order valence-electron chi connectivity index (χ1n) is 28.4. The first kappa shape index (κ1) is 52.3. The molecule has 4 heteroatoms. The Kier molecular flexibility index (Phi) is 12.3. The Bertz CT molecular complexity index is 3710. The Labute approximate surface area is 462 Å². The normalized spacial score (nSPS) is 15.0. The topological polar surface area (TPSA) is 20.2 Å². The van der Waals surface area contributed by atoms with Gasteiger partial charge in [-0.25, -0.2) is 0 Å². The molecule has 2 heterocycles. The molecule has 0 bridgehead atoms. The highest BCUT2D eigenvalue weighted by Crippen LogP contribution is 2.49. The van der Waals surface area contributed by atoms with Crippen molar-refractivity contribution in [3.8, 4) is 27.9 Å². The van der Waals surface area contributed by atoms with E-state index >= 15 is 0 Å². The molecule has 391 valence electrons. The second-order valence-electron chi connectivity index (χ2n) is 28.3. The zero-order valence-electron chi connectivity index (χ0n) is 49.3. The molecule has 8 aromatic carbocycles. The molecule has 9 aromatic rings. The smallest absolute Gasteiger partial charge is 0.197 e. The maximum Gasteiger partial charge on any atom is 0.197 e. The summed E-state index contributed by atoms with van der Waals surface area (Å²) >= 11 is 0. The van der Waals surface area contributed by atoms with Gasteiger partial charge in [0.15, 0.2) is 7.28 Å². The van der Waals surface area contributed by atoms with Crippen molar-refractivity contribution >= 4 is 68.4 Å². The Morgan fingerprint density at radius 2 is 1.00 bits per heavy atom. The van der Waals surface area contributed by atoms with Crippen LogP contribution < -0.4 is 21.1 Å². The SMILES string of the molecule is Cc1cc2c(cc1Nc1ccc(N(c3ccc(C(C)(C)C)cc3)c3ccc(C(C)(C)C)cc3)cc1-c1cc(-c3ccccc3)cc3c1[B]c1cc(C(C)(C)C)cc4c5cc(C(C)(C)C)ccc5n-3c14)C(C)(C)CCC2(C)C. The molecular weight excluding hydrogens is 930 g/mol. The Morgan fingerprint density at radius 3 is 1.57 bits per heavy atom. The molecule has 1 N–H and O–H groups in total. The summed E-state index contributed by atoms with van der Waals surface area (Å²) in [6.45, 7) is 39.8. The van der Waals surface area contributed by atoms with Crippen LogP contribution in [0.1, 0.15) is 163 Å². The molecule has 1 aliphatic heterocycles. The monoisotopic (exact) mass is 1010 g/mol. The van der Waals surface area contributed by atoms with Crippen molar-refractivity contribution in [3.05, 3.63) is 191 Å². The van der Waals surface area contributed by atoms with Crippen molar-refractivity contribution in [1.29, 1.82) is 0 Å². The molecule has 0 saturated carbocycles. The zero-order valence-corrected chi connectivity index (χ0v) is 49.3. The zero-order chi connectivity index (χ0) is 54.9. The molecular formula is C73H81BN3. The maximum absolute atomic E-state index is 4.19. The van der Waals surface area contributed by atoms with E-state index in [2.05, 4.69) is 291 Å². The first-order valence-corrected chi connectivity index (χ1v) is 28.4. The van der Waals surface area contributed by atoms with Crippen LogP contribution in [0.25, 0.3) is 49.7 Å². The summed E-state index contributed by atoms with van der Waals surface area (Å²) < 4.78 is 2.60. The lowest BCUT2D eigenvalue weighted by molar-refractivity contribution is 0.332. The van der Waals surface area contributed by atoms with E-state index in [-0.39, 0.29) is 32.5 Å². The molecule has 0 fully saturated rings. The van der Waals surface area contributed by atoms with Crippen molar-refractivity contribution in [1.82, 2.24) is 4.57 Å². The van der Waals surface area contributed by atoms with Crippen LogP contribution in [0.4, 0.5) is 28.4 Å². The fourth-order valence-electron chi connectivity index (χ4n) is 12.3. The molecule has 2 aliphatic rings. The number of hydrogen-bond donors (Lipinski definition) is 1. The van der Waals surface area contributed by atoms with Crippen LogP contribution in [0.3, 0.4) is 0 Å². The summed E-state index contributed by atoms with van der Waals surface area (Å²) in [6, 6.07) is 58.7. The lowest BCUT2D eigenvalue weighted by Gasteiger charge is -2.42. The van der Waals surface area contributed by atoms with Gasteiger partial charge >= 0.3 is 0 Å². The largest absolute Gasteiger partial charge is 0.355 e. The summed E-state index contributed by atoms with van der Waals surface area (Å²) in [5.74, 6) is 0. The Balaban J connectivity index is 1.22.